The number of hydrogen-bond acceptors (Lipinski definition) is 5. The Balaban J connectivity index is 2.06. The Bertz CT molecular complexity index is 480. The molecule has 2 heterocycles. The Morgan fingerprint density at radius 3 is 2.76 bits per heavy atom. The van der Waals surface area contributed by atoms with Gasteiger partial charge < -0.3 is 9.84 Å². The molecule has 2 aromatic rings. The van der Waals surface area contributed by atoms with Crippen molar-refractivity contribution in [2.75, 3.05) is 7.11 Å². The number of aliphatic hydroxyl groups is 1. The molecule has 0 aliphatic rings. The van der Waals surface area contributed by atoms with Crippen LogP contribution in [0.3, 0.4) is 0 Å². The van der Waals surface area contributed by atoms with Gasteiger partial charge in [-0.05, 0) is 11.6 Å². The highest BCUT2D eigenvalue weighted by Crippen LogP contribution is 2.16. The molecule has 0 aromatic carbocycles. The summed E-state index contributed by atoms with van der Waals surface area (Å²) in [6, 6.07) is 3.38. The van der Waals surface area contributed by atoms with Crippen molar-refractivity contribution >= 4 is 0 Å². The smallest absolute Gasteiger partial charge is 0.233 e. The molecule has 0 aliphatic heterocycles. The van der Waals surface area contributed by atoms with E-state index < -0.39 is 6.10 Å². The van der Waals surface area contributed by atoms with Crippen LogP contribution in [-0.2, 0) is 13.5 Å². The van der Waals surface area contributed by atoms with E-state index in [4.69, 9.17) is 4.74 Å². The summed E-state index contributed by atoms with van der Waals surface area (Å²) in [5.41, 5.74) is 1.48. The van der Waals surface area contributed by atoms with Crippen molar-refractivity contribution in [3.05, 3.63) is 35.8 Å². The summed E-state index contributed by atoms with van der Waals surface area (Å²) >= 11 is 0. The van der Waals surface area contributed by atoms with Gasteiger partial charge in [-0.2, -0.15) is 5.10 Å². The molecule has 6 nitrogen and oxygen atoms in total. The predicted molar refractivity (Wildman–Crippen MR) is 60.5 cm³/mol. The van der Waals surface area contributed by atoms with Gasteiger partial charge in [0.2, 0.25) is 5.88 Å². The third-order valence-electron chi connectivity index (χ3n) is 2.40. The van der Waals surface area contributed by atoms with E-state index in [2.05, 4.69) is 15.3 Å². The quantitative estimate of drug-likeness (QED) is 0.833. The minimum absolute atomic E-state index is 0.433. The molecule has 2 rings (SSSR count). The predicted octanol–water partition coefficient (Wildman–Crippen LogP) is 0.495. The first kappa shape index (κ1) is 11.5. The number of aliphatic hydroxyl groups excluding tert-OH is 1. The summed E-state index contributed by atoms with van der Waals surface area (Å²) in [5, 5.41) is 21.7. The lowest BCUT2D eigenvalue weighted by molar-refractivity contribution is 0.172. The van der Waals surface area contributed by atoms with E-state index in [1.807, 2.05) is 13.2 Å². The molecule has 0 saturated carbocycles. The zero-order valence-electron chi connectivity index (χ0n) is 9.74. The van der Waals surface area contributed by atoms with Crippen molar-refractivity contribution in [2.45, 2.75) is 12.5 Å². The fraction of sp³-hybridized carbons (Fsp3) is 0.364. The van der Waals surface area contributed by atoms with Gasteiger partial charge in [0.15, 0.2) is 0 Å². The molecular formula is C11H14N4O2. The largest absolute Gasteiger partial charge is 0.480 e. The average Bonchev–Trinajstić information content (AvgIpc) is 2.75. The van der Waals surface area contributed by atoms with Gasteiger partial charge in [-0.15, -0.1) is 10.2 Å². The van der Waals surface area contributed by atoms with Gasteiger partial charge in [0.25, 0.3) is 0 Å². The molecule has 0 bridgehead atoms. The van der Waals surface area contributed by atoms with Gasteiger partial charge in [-0.1, -0.05) is 0 Å². The molecule has 0 spiro atoms. The molecule has 90 valence electrons. The highest BCUT2D eigenvalue weighted by Gasteiger charge is 2.12. The molecule has 0 radical (unpaired) electrons. The van der Waals surface area contributed by atoms with Crippen LogP contribution in [-0.4, -0.2) is 32.2 Å². The van der Waals surface area contributed by atoms with Gasteiger partial charge in [-0.25, -0.2) is 0 Å². The summed E-state index contributed by atoms with van der Waals surface area (Å²) in [5.74, 6) is 0.433. The SMILES string of the molecule is COc1ccc(C(O)Cc2cnn(C)c2)nn1. The van der Waals surface area contributed by atoms with E-state index in [0.717, 1.165) is 5.56 Å². The summed E-state index contributed by atoms with van der Waals surface area (Å²) in [6.07, 6.45) is 3.37. The van der Waals surface area contributed by atoms with Crippen LogP contribution in [0.2, 0.25) is 0 Å². The Labute approximate surface area is 98.9 Å². The minimum atomic E-state index is -0.683. The summed E-state index contributed by atoms with van der Waals surface area (Å²) in [4.78, 5) is 0. The van der Waals surface area contributed by atoms with Crippen molar-refractivity contribution in [1.82, 2.24) is 20.0 Å². The maximum atomic E-state index is 9.97. The number of rotatable bonds is 4. The molecule has 0 saturated heterocycles. The van der Waals surface area contributed by atoms with Gasteiger partial charge >= 0.3 is 0 Å². The second kappa shape index (κ2) is 4.92. The van der Waals surface area contributed by atoms with E-state index in [-0.39, 0.29) is 0 Å². The van der Waals surface area contributed by atoms with Crippen LogP contribution in [0.25, 0.3) is 0 Å². The van der Waals surface area contributed by atoms with Crippen LogP contribution in [0.4, 0.5) is 0 Å². The van der Waals surface area contributed by atoms with Crippen LogP contribution < -0.4 is 4.74 Å². The number of aromatic nitrogens is 4. The summed E-state index contributed by atoms with van der Waals surface area (Å²) in [7, 11) is 3.36. The molecule has 0 fully saturated rings. The molecule has 1 N–H and O–H groups in total. The maximum absolute atomic E-state index is 9.97. The van der Waals surface area contributed by atoms with Gasteiger partial charge in [0.1, 0.15) is 6.10 Å². The number of nitrogens with zero attached hydrogens (tertiary/aromatic N) is 4. The molecular weight excluding hydrogens is 220 g/mol. The normalized spacial score (nSPS) is 12.4. The Hall–Kier alpha value is -1.95. The van der Waals surface area contributed by atoms with Crippen molar-refractivity contribution < 1.29 is 9.84 Å². The van der Waals surface area contributed by atoms with E-state index >= 15 is 0 Å². The third-order valence-corrected chi connectivity index (χ3v) is 2.40. The lowest BCUT2D eigenvalue weighted by Gasteiger charge is -2.07. The molecule has 0 aliphatic carbocycles. The average molecular weight is 234 g/mol. The van der Waals surface area contributed by atoms with Crippen molar-refractivity contribution in [3.8, 4) is 5.88 Å². The number of hydrogen-bond donors (Lipinski definition) is 1. The maximum Gasteiger partial charge on any atom is 0.233 e. The molecule has 1 unspecified atom stereocenters. The van der Waals surface area contributed by atoms with Gasteiger partial charge in [0.05, 0.1) is 19.0 Å². The van der Waals surface area contributed by atoms with Crippen LogP contribution in [0.15, 0.2) is 24.5 Å². The Kier molecular flexibility index (Phi) is 3.34. The van der Waals surface area contributed by atoms with Gasteiger partial charge in [-0.3, -0.25) is 4.68 Å². The van der Waals surface area contributed by atoms with Crippen LogP contribution in [0.1, 0.15) is 17.4 Å². The van der Waals surface area contributed by atoms with Crippen molar-refractivity contribution in [3.63, 3.8) is 0 Å². The standard InChI is InChI=1S/C11H14N4O2/c1-15-7-8(6-12-15)5-10(16)9-3-4-11(17-2)14-13-9/h3-4,6-7,10,16H,5H2,1-2H3. The van der Waals surface area contributed by atoms with E-state index in [1.165, 1.54) is 7.11 Å². The first-order chi connectivity index (χ1) is 8.19. The topological polar surface area (TPSA) is 73.1 Å². The van der Waals surface area contributed by atoms with Gasteiger partial charge in [0, 0.05) is 25.7 Å². The first-order valence-corrected chi connectivity index (χ1v) is 5.22. The highest BCUT2D eigenvalue weighted by molar-refractivity contribution is 5.15. The lowest BCUT2D eigenvalue weighted by atomic mass is 10.1. The summed E-state index contributed by atoms with van der Waals surface area (Å²) in [6.45, 7) is 0. The fourth-order valence-corrected chi connectivity index (χ4v) is 1.52. The number of methoxy groups -OCH3 is 1. The first-order valence-electron chi connectivity index (χ1n) is 5.22. The molecule has 1 atom stereocenters. The molecule has 6 heteroatoms. The molecule has 17 heavy (non-hydrogen) atoms. The fourth-order valence-electron chi connectivity index (χ4n) is 1.52. The zero-order chi connectivity index (χ0) is 12.3. The van der Waals surface area contributed by atoms with Crippen molar-refractivity contribution in [2.24, 2.45) is 7.05 Å². The zero-order valence-corrected chi connectivity index (χ0v) is 9.74. The lowest BCUT2D eigenvalue weighted by Crippen LogP contribution is -2.05. The molecule has 2 aromatic heterocycles. The second-order valence-corrected chi connectivity index (χ2v) is 3.74. The summed E-state index contributed by atoms with van der Waals surface area (Å²) < 4.78 is 6.60. The van der Waals surface area contributed by atoms with Crippen LogP contribution >= 0.6 is 0 Å². The molecule has 0 amide bonds. The van der Waals surface area contributed by atoms with E-state index in [9.17, 15) is 5.11 Å². The second-order valence-electron chi connectivity index (χ2n) is 3.74. The Morgan fingerprint density at radius 2 is 2.24 bits per heavy atom. The third kappa shape index (κ3) is 2.79. The van der Waals surface area contributed by atoms with E-state index in [0.29, 0.717) is 18.0 Å². The highest BCUT2D eigenvalue weighted by atomic mass is 16.5. The number of aryl methyl sites for hydroxylation is 1. The monoisotopic (exact) mass is 234 g/mol. The van der Waals surface area contributed by atoms with Crippen molar-refractivity contribution in [1.29, 1.82) is 0 Å². The van der Waals surface area contributed by atoms with Crippen LogP contribution in [0, 0.1) is 0 Å². The van der Waals surface area contributed by atoms with E-state index in [1.54, 1.807) is 23.0 Å². The minimum Gasteiger partial charge on any atom is -0.480 e. The van der Waals surface area contributed by atoms with Crippen LogP contribution in [0.5, 0.6) is 5.88 Å². The Morgan fingerprint density at radius 1 is 1.41 bits per heavy atom. The number of ether oxygens (including phenoxy) is 1.